The number of para-hydroxylation sites is 3. The molecular formula is C21H19F2N5O. The average Bonchev–Trinajstić information content (AvgIpc) is 3.37. The normalized spacial score (nSPS) is 12.4. The van der Waals surface area contributed by atoms with Crippen LogP contribution in [0, 0.1) is 0 Å². The molecule has 0 fully saturated rings. The topological polar surface area (TPSA) is 64.7 Å². The molecule has 0 spiro atoms. The molecular weight excluding hydrogens is 376 g/mol. The number of fused-ring (bicyclic) bond motifs is 1. The molecule has 4 aromatic rings. The highest BCUT2D eigenvalue weighted by atomic mass is 19.3. The predicted octanol–water partition coefficient (Wildman–Crippen LogP) is 4.15. The zero-order chi connectivity index (χ0) is 20.4. The van der Waals surface area contributed by atoms with E-state index in [0.717, 1.165) is 10.3 Å². The van der Waals surface area contributed by atoms with Gasteiger partial charge < -0.3 is 5.32 Å². The Labute approximate surface area is 165 Å². The fraction of sp³-hybridized carbons (Fsp3) is 0.190. The van der Waals surface area contributed by atoms with Gasteiger partial charge in [0, 0.05) is 18.2 Å². The molecule has 0 saturated heterocycles. The number of benzene rings is 2. The average molecular weight is 395 g/mol. The first kappa shape index (κ1) is 18.8. The maximum Gasteiger partial charge on any atom is 0.320 e. The smallest absolute Gasteiger partial charge is 0.320 e. The first-order valence-electron chi connectivity index (χ1n) is 9.17. The van der Waals surface area contributed by atoms with Crippen LogP contribution in [0.1, 0.15) is 35.7 Å². The number of hydrogen-bond donors (Lipinski definition) is 1. The molecule has 4 rings (SSSR count). The van der Waals surface area contributed by atoms with E-state index in [2.05, 4.69) is 15.3 Å². The van der Waals surface area contributed by atoms with Gasteiger partial charge in [0.25, 0.3) is 5.91 Å². The highest BCUT2D eigenvalue weighted by Crippen LogP contribution is 2.27. The monoisotopic (exact) mass is 395 g/mol. The van der Waals surface area contributed by atoms with Crippen molar-refractivity contribution in [3.63, 3.8) is 0 Å². The van der Waals surface area contributed by atoms with Crippen molar-refractivity contribution < 1.29 is 13.6 Å². The van der Waals surface area contributed by atoms with Gasteiger partial charge in [-0.2, -0.15) is 8.78 Å². The van der Waals surface area contributed by atoms with Gasteiger partial charge in [0.2, 0.25) is 0 Å². The summed E-state index contributed by atoms with van der Waals surface area (Å²) in [6.07, 6.45) is 3.03. The van der Waals surface area contributed by atoms with Gasteiger partial charge in [-0.1, -0.05) is 37.3 Å². The Bertz CT molecular complexity index is 1140. The van der Waals surface area contributed by atoms with Crippen LogP contribution in [0.15, 0.2) is 67.1 Å². The summed E-state index contributed by atoms with van der Waals surface area (Å²) in [4.78, 5) is 21.1. The van der Waals surface area contributed by atoms with Gasteiger partial charge in [-0.3, -0.25) is 13.9 Å². The predicted molar refractivity (Wildman–Crippen MR) is 105 cm³/mol. The molecule has 0 saturated carbocycles. The van der Waals surface area contributed by atoms with E-state index in [0.29, 0.717) is 16.7 Å². The van der Waals surface area contributed by atoms with Crippen LogP contribution in [0.3, 0.4) is 0 Å². The number of halogens is 2. The summed E-state index contributed by atoms with van der Waals surface area (Å²) < 4.78 is 29.9. The van der Waals surface area contributed by atoms with E-state index >= 15 is 0 Å². The van der Waals surface area contributed by atoms with Crippen LogP contribution in [-0.2, 0) is 0 Å². The molecule has 8 heteroatoms. The quantitative estimate of drug-likeness (QED) is 0.533. The molecule has 1 atom stereocenters. The molecule has 29 heavy (non-hydrogen) atoms. The lowest BCUT2D eigenvalue weighted by Gasteiger charge is -2.15. The van der Waals surface area contributed by atoms with Crippen LogP contribution in [0.4, 0.5) is 8.78 Å². The van der Waals surface area contributed by atoms with Crippen LogP contribution in [0.25, 0.3) is 16.7 Å². The van der Waals surface area contributed by atoms with E-state index in [1.54, 1.807) is 42.1 Å². The summed E-state index contributed by atoms with van der Waals surface area (Å²) in [5, 5.41) is 2.81. The van der Waals surface area contributed by atoms with Gasteiger partial charge in [-0.15, -0.1) is 0 Å². The molecule has 0 radical (unpaired) electrons. The number of alkyl halides is 2. The van der Waals surface area contributed by atoms with Gasteiger partial charge in [0.15, 0.2) is 0 Å². The fourth-order valence-electron chi connectivity index (χ4n) is 3.30. The van der Waals surface area contributed by atoms with Crippen LogP contribution in [0.2, 0.25) is 0 Å². The fourth-order valence-corrected chi connectivity index (χ4v) is 3.30. The molecule has 0 aliphatic rings. The second-order valence-corrected chi connectivity index (χ2v) is 6.70. The molecule has 1 unspecified atom stereocenters. The number of nitrogens with zero attached hydrogens (tertiary/aromatic N) is 4. The van der Waals surface area contributed by atoms with Crippen molar-refractivity contribution >= 4 is 16.9 Å². The number of hydrogen-bond acceptors (Lipinski definition) is 3. The molecule has 2 heterocycles. The van der Waals surface area contributed by atoms with Crippen molar-refractivity contribution in [1.82, 2.24) is 24.4 Å². The van der Waals surface area contributed by atoms with Gasteiger partial charge in [-0.05, 0) is 24.3 Å². The third-order valence-electron chi connectivity index (χ3n) is 4.73. The van der Waals surface area contributed by atoms with E-state index in [-0.39, 0.29) is 18.3 Å². The molecule has 1 N–H and O–H groups in total. The first-order valence-corrected chi connectivity index (χ1v) is 9.17. The minimum absolute atomic E-state index is 0.162. The standard InChI is InChI=1S/C21H19F2N5O/c1-14(19-26-16-9-5-6-10-17(16)28(19)21(22)23)11-25-20(29)18-12-24-13-27(18)15-7-3-2-4-8-15/h2-10,12-14,21H,11H2,1H3,(H,25,29). The Hall–Kier alpha value is -3.55. The van der Waals surface area contributed by atoms with Crippen LogP contribution >= 0.6 is 0 Å². The highest BCUT2D eigenvalue weighted by molar-refractivity contribution is 5.93. The highest BCUT2D eigenvalue weighted by Gasteiger charge is 2.22. The summed E-state index contributed by atoms with van der Waals surface area (Å²) >= 11 is 0. The molecule has 1 amide bonds. The van der Waals surface area contributed by atoms with Crippen molar-refractivity contribution in [3.05, 3.63) is 78.6 Å². The molecule has 0 aliphatic carbocycles. The van der Waals surface area contributed by atoms with Crippen molar-refractivity contribution in [2.45, 2.75) is 19.4 Å². The summed E-state index contributed by atoms with van der Waals surface area (Å²) in [6, 6.07) is 16.1. The lowest BCUT2D eigenvalue weighted by molar-refractivity contribution is 0.0703. The van der Waals surface area contributed by atoms with Gasteiger partial charge in [-0.25, -0.2) is 9.97 Å². The SMILES string of the molecule is CC(CNC(=O)c1cncn1-c1ccccc1)c1nc2ccccc2n1C(F)F. The molecule has 0 bridgehead atoms. The molecule has 2 aromatic heterocycles. The number of carbonyl (C=O) groups excluding carboxylic acids is 1. The van der Waals surface area contributed by atoms with Crippen molar-refractivity contribution in [2.75, 3.05) is 6.54 Å². The third-order valence-corrected chi connectivity index (χ3v) is 4.73. The summed E-state index contributed by atoms with van der Waals surface area (Å²) in [5.74, 6) is -0.510. The number of carbonyl (C=O) groups is 1. The van der Waals surface area contributed by atoms with E-state index < -0.39 is 12.5 Å². The maximum absolute atomic E-state index is 13.6. The Balaban J connectivity index is 1.53. The minimum atomic E-state index is -2.71. The number of aromatic nitrogens is 4. The van der Waals surface area contributed by atoms with Crippen molar-refractivity contribution in [3.8, 4) is 5.69 Å². The second-order valence-electron chi connectivity index (χ2n) is 6.70. The van der Waals surface area contributed by atoms with Crippen molar-refractivity contribution in [1.29, 1.82) is 0 Å². The third kappa shape index (κ3) is 3.61. The number of rotatable bonds is 6. The Morgan fingerprint density at radius 1 is 1.10 bits per heavy atom. The lowest BCUT2D eigenvalue weighted by atomic mass is 10.1. The molecule has 2 aromatic carbocycles. The largest absolute Gasteiger partial charge is 0.350 e. The minimum Gasteiger partial charge on any atom is -0.350 e. The van der Waals surface area contributed by atoms with Crippen LogP contribution in [-0.4, -0.2) is 31.6 Å². The maximum atomic E-state index is 13.6. The molecule has 148 valence electrons. The number of amides is 1. The second kappa shape index (κ2) is 7.83. The summed E-state index contributed by atoms with van der Waals surface area (Å²) in [5.41, 5.74) is 2.05. The van der Waals surface area contributed by atoms with E-state index in [1.807, 2.05) is 30.3 Å². The number of imidazole rings is 2. The van der Waals surface area contributed by atoms with Crippen molar-refractivity contribution in [2.24, 2.45) is 0 Å². The lowest BCUT2D eigenvalue weighted by Crippen LogP contribution is -2.30. The van der Waals surface area contributed by atoms with E-state index in [9.17, 15) is 13.6 Å². The zero-order valence-electron chi connectivity index (χ0n) is 15.7. The van der Waals surface area contributed by atoms with E-state index in [1.165, 1.54) is 6.20 Å². The van der Waals surface area contributed by atoms with E-state index in [4.69, 9.17) is 0 Å². The Morgan fingerprint density at radius 2 is 1.83 bits per heavy atom. The van der Waals surface area contributed by atoms with Gasteiger partial charge in [0.1, 0.15) is 11.5 Å². The van der Waals surface area contributed by atoms with Gasteiger partial charge in [0.05, 0.1) is 23.6 Å². The van der Waals surface area contributed by atoms with Crippen LogP contribution < -0.4 is 5.32 Å². The Morgan fingerprint density at radius 3 is 2.59 bits per heavy atom. The summed E-state index contributed by atoms with van der Waals surface area (Å²) in [6.45, 7) is -0.793. The first-order chi connectivity index (χ1) is 14.1. The van der Waals surface area contributed by atoms with Gasteiger partial charge >= 0.3 is 6.55 Å². The number of nitrogens with one attached hydrogen (secondary N) is 1. The van der Waals surface area contributed by atoms with Crippen LogP contribution in [0.5, 0.6) is 0 Å². The Kier molecular flexibility index (Phi) is 5.07. The zero-order valence-corrected chi connectivity index (χ0v) is 15.7. The summed E-state index contributed by atoms with van der Waals surface area (Å²) in [7, 11) is 0. The molecule has 6 nitrogen and oxygen atoms in total. The molecule has 0 aliphatic heterocycles.